The van der Waals surface area contributed by atoms with Gasteiger partial charge in [0.1, 0.15) is 21.7 Å². The molecule has 0 aliphatic carbocycles. The van der Waals surface area contributed by atoms with Crippen LogP contribution in [0.4, 0.5) is 4.39 Å². The fourth-order valence-electron chi connectivity index (χ4n) is 3.71. The summed E-state index contributed by atoms with van der Waals surface area (Å²) in [5, 5.41) is 2.86. The van der Waals surface area contributed by atoms with Crippen molar-refractivity contribution in [1.82, 2.24) is 18.4 Å². The van der Waals surface area contributed by atoms with Crippen LogP contribution in [0, 0.1) is 11.2 Å². The van der Waals surface area contributed by atoms with Gasteiger partial charge in [-0.25, -0.2) is 12.8 Å². The maximum Gasteiger partial charge on any atom is 0.245 e. The molecule has 1 N–H and O–H groups in total. The van der Waals surface area contributed by atoms with Gasteiger partial charge >= 0.3 is 0 Å². The molecule has 158 valence electrons. The van der Waals surface area contributed by atoms with Crippen molar-refractivity contribution in [2.24, 2.45) is 5.41 Å². The summed E-state index contributed by atoms with van der Waals surface area (Å²) in [6.45, 7) is 2.46. The number of nitrogens with zero attached hydrogens (tertiary/aromatic N) is 3. The number of benzene rings is 2. The molecular weight excluding hydrogens is 427 g/mol. The summed E-state index contributed by atoms with van der Waals surface area (Å²) in [5.74, 6) is -0.559. The van der Waals surface area contributed by atoms with Crippen molar-refractivity contribution in [2.45, 2.75) is 31.2 Å². The lowest BCUT2D eigenvalue weighted by molar-refractivity contribution is -0.132. The van der Waals surface area contributed by atoms with E-state index in [1.807, 2.05) is 0 Å². The molecule has 4 rings (SSSR count). The summed E-state index contributed by atoms with van der Waals surface area (Å²) in [6.07, 6.45) is 1.15. The van der Waals surface area contributed by atoms with Crippen LogP contribution in [0.1, 0.15) is 25.3 Å². The number of nitrogens with one attached hydrogen (secondary N) is 1. The second-order valence-corrected chi connectivity index (χ2v) is 10.1. The number of carbonyl (C=O) groups excluding carboxylic acids is 1. The van der Waals surface area contributed by atoms with Gasteiger partial charge in [-0.3, -0.25) is 4.79 Å². The van der Waals surface area contributed by atoms with Crippen LogP contribution in [-0.2, 0) is 21.4 Å². The molecule has 1 aliphatic rings. The molecule has 1 amide bonds. The second kappa shape index (κ2) is 8.01. The smallest absolute Gasteiger partial charge is 0.245 e. The van der Waals surface area contributed by atoms with Crippen molar-refractivity contribution in [3.63, 3.8) is 0 Å². The highest BCUT2D eigenvalue weighted by atomic mass is 32.2. The van der Waals surface area contributed by atoms with Crippen LogP contribution >= 0.6 is 11.7 Å². The quantitative estimate of drug-likeness (QED) is 0.648. The van der Waals surface area contributed by atoms with Crippen LogP contribution in [0.2, 0.25) is 0 Å². The number of sulfonamides is 1. The Morgan fingerprint density at radius 2 is 2.00 bits per heavy atom. The van der Waals surface area contributed by atoms with Crippen molar-refractivity contribution < 1.29 is 17.6 Å². The number of hydrogen-bond acceptors (Lipinski definition) is 6. The first-order valence-electron chi connectivity index (χ1n) is 9.54. The number of aromatic nitrogens is 2. The molecule has 2 heterocycles. The molecule has 1 aromatic heterocycles. The van der Waals surface area contributed by atoms with Crippen LogP contribution in [0.5, 0.6) is 0 Å². The largest absolute Gasteiger partial charge is 0.352 e. The molecule has 7 nitrogen and oxygen atoms in total. The summed E-state index contributed by atoms with van der Waals surface area (Å²) in [4.78, 5) is 13.0. The van der Waals surface area contributed by atoms with E-state index in [2.05, 4.69) is 14.1 Å². The Hall–Kier alpha value is -2.43. The molecule has 1 unspecified atom stereocenters. The predicted molar refractivity (Wildman–Crippen MR) is 112 cm³/mol. The summed E-state index contributed by atoms with van der Waals surface area (Å²) >= 11 is 0.969. The Kier molecular flexibility index (Phi) is 5.56. The van der Waals surface area contributed by atoms with E-state index in [0.717, 1.165) is 17.3 Å². The Morgan fingerprint density at radius 1 is 1.23 bits per heavy atom. The number of fused-ring (bicyclic) bond motifs is 1. The molecule has 3 aromatic rings. The summed E-state index contributed by atoms with van der Waals surface area (Å²) in [5.41, 5.74) is 0.810. The number of carbonyl (C=O) groups is 1. The van der Waals surface area contributed by atoms with Gasteiger partial charge in [0.05, 0.1) is 17.1 Å². The van der Waals surface area contributed by atoms with Gasteiger partial charge in [0, 0.05) is 19.6 Å². The zero-order valence-electron chi connectivity index (χ0n) is 16.3. The van der Waals surface area contributed by atoms with Crippen LogP contribution in [0.25, 0.3) is 11.0 Å². The first-order valence-corrected chi connectivity index (χ1v) is 11.7. The third-order valence-corrected chi connectivity index (χ3v) is 7.86. The number of hydrogen-bond donors (Lipinski definition) is 1. The monoisotopic (exact) mass is 448 g/mol. The zero-order chi connectivity index (χ0) is 21.4. The van der Waals surface area contributed by atoms with Gasteiger partial charge in [0.25, 0.3) is 0 Å². The average molecular weight is 449 g/mol. The van der Waals surface area contributed by atoms with Gasteiger partial charge in [-0.1, -0.05) is 18.2 Å². The van der Waals surface area contributed by atoms with E-state index in [4.69, 9.17) is 0 Å². The van der Waals surface area contributed by atoms with E-state index >= 15 is 0 Å². The van der Waals surface area contributed by atoms with Crippen molar-refractivity contribution in [3.8, 4) is 0 Å². The van der Waals surface area contributed by atoms with E-state index in [0.29, 0.717) is 30.4 Å². The molecule has 10 heteroatoms. The highest BCUT2D eigenvalue weighted by Gasteiger charge is 2.42. The highest BCUT2D eigenvalue weighted by molar-refractivity contribution is 7.89. The fourth-order valence-corrected chi connectivity index (χ4v) is 6.07. The summed E-state index contributed by atoms with van der Waals surface area (Å²) in [6, 6.07) is 10.8. The molecule has 1 fully saturated rings. The van der Waals surface area contributed by atoms with Crippen LogP contribution in [0.15, 0.2) is 47.4 Å². The molecule has 0 bridgehead atoms. The third kappa shape index (κ3) is 3.94. The van der Waals surface area contributed by atoms with Crippen molar-refractivity contribution in [3.05, 3.63) is 53.8 Å². The van der Waals surface area contributed by atoms with Gasteiger partial charge < -0.3 is 5.32 Å². The maximum absolute atomic E-state index is 13.3. The van der Waals surface area contributed by atoms with Crippen LogP contribution < -0.4 is 5.32 Å². The molecule has 1 saturated heterocycles. The summed E-state index contributed by atoms with van der Waals surface area (Å²) < 4.78 is 49.3. The lowest BCUT2D eigenvalue weighted by atomic mass is 9.82. The normalized spacial score (nSPS) is 20.3. The molecule has 1 atom stereocenters. The highest BCUT2D eigenvalue weighted by Crippen LogP contribution is 2.34. The van der Waals surface area contributed by atoms with Gasteiger partial charge in [-0.15, -0.1) is 0 Å². The Balaban J connectivity index is 1.52. The van der Waals surface area contributed by atoms with E-state index in [1.54, 1.807) is 31.2 Å². The van der Waals surface area contributed by atoms with Crippen LogP contribution in [-0.4, -0.2) is 40.5 Å². The zero-order valence-corrected chi connectivity index (χ0v) is 18.0. The molecule has 30 heavy (non-hydrogen) atoms. The Morgan fingerprint density at radius 3 is 2.77 bits per heavy atom. The van der Waals surface area contributed by atoms with E-state index in [-0.39, 0.29) is 29.7 Å². The summed E-state index contributed by atoms with van der Waals surface area (Å²) in [7, 11) is -3.82. The molecule has 0 radical (unpaired) electrons. The minimum absolute atomic E-state index is 0.0819. The van der Waals surface area contributed by atoms with Gasteiger partial charge in [0.2, 0.25) is 15.9 Å². The lowest BCUT2D eigenvalue weighted by Gasteiger charge is -2.38. The second-order valence-electron chi connectivity index (χ2n) is 7.70. The van der Waals surface area contributed by atoms with E-state index < -0.39 is 15.4 Å². The van der Waals surface area contributed by atoms with E-state index in [9.17, 15) is 17.6 Å². The van der Waals surface area contributed by atoms with Gasteiger partial charge in [-0.2, -0.15) is 13.1 Å². The standard InChI is InChI=1S/C20H21FN4O3S2/c1-20(19(26)22-12-14-6-8-15(21)9-7-14)10-3-11-25(13-20)30(27,28)17-5-2-4-16-18(17)24-29-23-16/h2,4-9H,3,10-13H2,1H3,(H,22,26). The molecule has 2 aromatic carbocycles. The number of amides is 1. The maximum atomic E-state index is 13.3. The molecule has 0 saturated carbocycles. The van der Waals surface area contributed by atoms with Crippen LogP contribution in [0.3, 0.4) is 0 Å². The van der Waals surface area contributed by atoms with E-state index in [1.165, 1.54) is 22.5 Å². The lowest BCUT2D eigenvalue weighted by Crippen LogP contribution is -2.51. The topological polar surface area (TPSA) is 92.3 Å². The Bertz CT molecular complexity index is 1180. The SMILES string of the molecule is CC1(C(=O)NCc2ccc(F)cc2)CCCN(S(=O)(=O)c2cccc3nsnc23)C1. The first-order chi connectivity index (χ1) is 14.3. The van der Waals surface area contributed by atoms with Gasteiger partial charge in [-0.05, 0) is 49.6 Å². The molecule has 1 aliphatic heterocycles. The minimum Gasteiger partial charge on any atom is -0.352 e. The minimum atomic E-state index is -3.82. The van der Waals surface area contributed by atoms with Crippen molar-refractivity contribution in [2.75, 3.05) is 13.1 Å². The Labute approximate surface area is 178 Å². The third-order valence-electron chi connectivity index (χ3n) is 5.44. The molecule has 0 spiro atoms. The number of piperidine rings is 1. The van der Waals surface area contributed by atoms with Crippen molar-refractivity contribution >= 4 is 38.7 Å². The fraction of sp³-hybridized carbons (Fsp3) is 0.350. The van der Waals surface area contributed by atoms with Gasteiger partial charge in [0.15, 0.2) is 0 Å². The average Bonchev–Trinajstić information content (AvgIpc) is 3.22. The van der Waals surface area contributed by atoms with Crippen molar-refractivity contribution in [1.29, 1.82) is 0 Å². The molecular formula is C20H21FN4O3S2. The number of halogens is 1. The predicted octanol–water partition coefficient (Wildman–Crippen LogP) is 2.94. The first kappa shape index (κ1) is 20.8. The number of rotatable bonds is 5.